The standard InChI is InChI=1S/C24H37N3O2/c1-2-8-27-24(29-15-16-6-4-3-5-7-16)21(14-25-27)23(28)26-22-19-10-17-9-18(12-19)13-20(22)11-17/h14,16-20,22H,2-13,15H2,1H3,(H,26,28). The maximum atomic E-state index is 13.3. The molecule has 1 amide bonds. The third-order valence-corrected chi connectivity index (χ3v) is 8.18. The van der Waals surface area contributed by atoms with Crippen LogP contribution in [0, 0.1) is 29.6 Å². The molecule has 29 heavy (non-hydrogen) atoms. The molecule has 160 valence electrons. The molecule has 6 rings (SSSR count). The number of amides is 1. The highest BCUT2D eigenvalue weighted by Crippen LogP contribution is 2.53. The van der Waals surface area contributed by atoms with Crippen molar-refractivity contribution < 1.29 is 9.53 Å². The molecule has 5 nitrogen and oxygen atoms in total. The van der Waals surface area contributed by atoms with Crippen molar-refractivity contribution in [1.82, 2.24) is 15.1 Å². The van der Waals surface area contributed by atoms with Gasteiger partial charge in [0.15, 0.2) is 0 Å². The van der Waals surface area contributed by atoms with Crippen molar-refractivity contribution in [2.24, 2.45) is 29.6 Å². The Kier molecular flexibility index (Phi) is 5.57. The molecule has 5 saturated carbocycles. The van der Waals surface area contributed by atoms with Crippen LogP contribution in [0.15, 0.2) is 6.20 Å². The van der Waals surface area contributed by atoms with Crippen molar-refractivity contribution in [3.05, 3.63) is 11.8 Å². The maximum absolute atomic E-state index is 13.3. The first-order chi connectivity index (χ1) is 14.2. The second kappa shape index (κ2) is 8.31. The molecular weight excluding hydrogens is 362 g/mol. The molecule has 5 fully saturated rings. The van der Waals surface area contributed by atoms with Gasteiger partial charge in [0, 0.05) is 12.6 Å². The van der Waals surface area contributed by atoms with Crippen LogP contribution in [0.1, 0.15) is 87.9 Å². The van der Waals surface area contributed by atoms with E-state index in [2.05, 4.69) is 17.3 Å². The fourth-order valence-corrected chi connectivity index (χ4v) is 6.99. The zero-order valence-electron chi connectivity index (χ0n) is 17.9. The largest absolute Gasteiger partial charge is 0.477 e. The van der Waals surface area contributed by atoms with Crippen molar-refractivity contribution >= 4 is 5.91 Å². The van der Waals surface area contributed by atoms with Gasteiger partial charge in [0.2, 0.25) is 5.88 Å². The Morgan fingerprint density at radius 2 is 1.79 bits per heavy atom. The minimum Gasteiger partial charge on any atom is -0.477 e. The Balaban J connectivity index is 1.28. The van der Waals surface area contributed by atoms with E-state index in [0.717, 1.165) is 24.8 Å². The zero-order chi connectivity index (χ0) is 19.8. The third-order valence-electron chi connectivity index (χ3n) is 8.18. The smallest absolute Gasteiger partial charge is 0.258 e. The van der Waals surface area contributed by atoms with Crippen LogP contribution in [-0.2, 0) is 6.54 Å². The van der Waals surface area contributed by atoms with Gasteiger partial charge in [0.1, 0.15) is 5.56 Å². The summed E-state index contributed by atoms with van der Waals surface area (Å²) in [5.41, 5.74) is 0.642. The average Bonchev–Trinajstić information content (AvgIpc) is 3.12. The first-order valence-electron chi connectivity index (χ1n) is 12.2. The fraction of sp³-hybridized carbons (Fsp3) is 0.833. The topological polar surface area (TPSA) is 56.2 Å². The zero-order valence-corrected chi connectivity index (χ0v) is 17.9. The summed E-state index contributed by atoms with van der Waals surface area (Å²) < 4.78 is 8.17. The van der Waals surface area contributed by atoms with Gasteiger partial charge in [-0.25, -0.2) is 4.68 Å². The summed E-state index contributed by atoms with van der Waals surface area (Å²) in [4.78, 5) is 13.3. The maximum Gasteiger partial charge on any atom is 0.258 e. The van der Waals surface area contributed by atoms with Gasteiger partial charge in [-0.05, 0) is 81.0 Å². The number of nitrogens with zero attached hydrogens (tertiary/aromatic N) is 2. The number of carbonyl (C=O) groups is 1. The highest BCUT2D eigenvalue weighted by atomic mass is 16.5. The minimum absolute atomic E-state index is 0.0310. The number of ether oxygens (including phenoxy) is 1. The summed E-state index contributed by atoms with van der Waals surface area (Å²) in [6, 6.07) is 0.357. The lowest BCUT2D eigenvalue weighted by molar-refractivity contribution is -0.0120. The van der Waals surface area contributed by atoms with Gasteiger partial charge in [-0.1, -0.05) is 26.2 Å². The van der Waals surface area contributed by atoms with Gasteiger partial charge >= 0.3 is 0 Å². The predicted octanol–water partition coefficient (Wildman–Crippen LogP) is 4.81. The van der Waals surface area contributed by atoms with E-state index in [9.17, 15) is 4.79 Å². The number of rotatable bonds is 7. The molecule has 0 atom stereocenters. The number of aryl methyl sites for hydroxylation is 1. The Morgan fingerprint density at radius 1 is 1.10 bits per heavy atom. The van der Waals surface area contributed by atoms with Crippen LogP contribution in [0.2, 0.25) is 0 Å². The second-order valence-electron chi connectivity index (χ2n) is 10.3. The molecule has 5 heteroatoms. The molecule has 0 spiro atoms. The number of nitrogens with one attached hydrogen (secondary N) is 1. The normalized spacial score (nSPS) is 33.8. The van der Waals surface area contributed by atoms with Crippen molar-refractivity contribution in [2.75, 3.05) is 6.61 Å². The van der Waals surface area contributed by atoms with Crippen molar-refractivity contribution in [1.29, 1.82) is 0 Å². The highest BCUT2D eigenvalue weighted by Gasteiger charge is 2.48. The van der Waals surface area contributed by atoms with Crippen LogP contribution in [0.3, 0.4) is 0 Å². The molecule has 5 aliphatic rings. The summed E-state index contributed by atoms with van der Waals surface area (Å²) in [6.07, 6.45) is 15.9. The van der Waals surface area contributed by atoms with Crippen LogP contribution in [-0.4, -0.2) is 28.3 Å². The lowest BCUT2D eigenvalue weighted by Crippen LogP contribution is -2.55. The van der Waals surface area contributed by atoms with Gasteiger partial charge in [-0.15, -0.1) is 0 Å². The van der Waals surface area contributed by atoms with Crippen LogP contribution in [0.5, 0.6) is 5.88 Å². The summed E-state index contributed by atoms with van der Waals surface area (Å²) >= 11 is 0. The lowest BCUT2D eigenvalue weighted by Gasteiger charge is -2.54. The first kappa shape index (κ1) is 19.4. The molecule has 5 aliphatic carbocycles. The van der Waals surface area contributed by atoms with Crippen molar-refractivity contribution in [3.63, 3.8) is 0 Å². The van der Waals surface area contributed by atoms with Gasteiger partial charge in [-0.2, -0.15) is 5.10 Å². The van der Waals surface area contributed by atoms with E-state index in [1.54, 1.807) is 6.20 Å². The quantitative estimate of drug-likeness (QED) is 0.716. The Morgan fingerprint density at radius 3 is 2.45 bits per heavy atom. The summed E-state index contributed by atoms with van der Waals surface area (Å²) in [5.74, 6) is 4.57. The Bertz CT molecular complexity index is 694. The molecule has 0 aromatic carbocycles. The SMILES string of the molecule is CCCn1ncc(C(=O)NC2C3CC4CC(C3)CC2C4)c1OCC1CCCCC1. The molecule has 0 aliphatic heterocycles. The molecule has 1 heterocycles. The lowest BCUT2D eigenvalue weighted by atomic mass is 9.54. The number of aromatic nitrogens is 2. The van der Waals surface area contributed by atoms with Crippen LogP contribution in [0.4, 0.5) is 0 Å². The van der Waals surface area contributed by atoms with Gasteiger partial charge in [-0.3, -0.25) is 4.79 Å². The van der Waals surface area contributed by atoms with Crippen LogP contribution in [0.25, 0.3) is 0 Å². The predicted molar refractivity (Wildman–Crippen MR) is 113 cm³/mol. The molecule has 1 aromatic heterocycles. The molecule has 4 bridgehead atoms. The number of hydrogen-bond acceptors (Lipinski definition) is 3. The third kappa shape index (κ3) is 3.94. The van der Waals surface area contributed by atoms with E-state index in [4.69, 9.17) is 4.74 Å². The second-order valence-corrected chi connectivity index (χ2v) is 10.3. The van der Waals surface area contributed by atoms with E-state index in [1.165, 1.54) is 64.2 Å². The number of hydrogen-bond donors (Lipinski definition) is 1. The van der Waals surface area contributed by atoms with Crippen molar-refractivity contribution in [2.45, 2.75) is 90.1 Å². The molecular formula is C24H37N3O2. The van der Waals surface area contributed by atoms with E-state index in [-0.39, 0.29) is 5.91 Å². The van der Waals surface area contributed by atoms with Crippen LogP contribution < -0.4 is 10.1 Å². The molecule has 0 unspecified atom stereocenters. The Hall–Kier alpha value is -1.52. The monoisotopic (exact) mass is 399 g/mol. The summed E-state index contributed by atoms with van der Waals surface area (Å²) in [7, 11) is 0. The minimum atomic E-state index is 0.0310. The van der Waals surface area contributed by atoms with Crippen LogP contribution >= 0.6 is 0 Å². The van der Waals surface area contributed by atoms with Gasteiger partial charge in [0.25, 0.3) is 5.91 Å². The van der Waals surface area contributed by atoms with E-state index in [0.29, 0.717) is 41.8 Å². The first-order valence-corrected chi connectivity index (χ1v) is 12.2. The fourth-order valence-electron chi connectivity index (χ4n) is 6.99. The van der Waals surface area contributed by atoms with E-state index >= 15 is 0 Å². The van der Waals surface area contributed by atoms with Gasteiger partial charge < -0.3 is 10.1 Å². The van der Waals surface area contributed by atoms with E-state index in [1.807, 2.05) is 4.68 Å². The highest BCUT2D eigenvalue weighted by molar-refractivity contribution is 5.96. The Labute approximate surface area is 175 Å². The molecule has 1 aromatic rings. The average molecular weight is 400 g/mol. The van der Waals surface area contributed by atoms with E-state index < -0.39 is 0 Å². The van der Waals surface area contributed by atoms with Crippen molar-refractivity contribution in [3.8, 4) is 5.88 Å². The molecule has 0 saturated heterocycles. The molecule has 0 radical (unpaired) electrons. The molecule has 1 N–H and O–H groups in total. The number of carbonyl (C=O) groups excluding carboxylic acids is 1. The van der Waals surface area contributed by atoms with Gasteiger partial charge in [0.05, 0.1) is 12.8 Å². The summed E-state index contributed by atoms with van der Waals surface area (Å²) in [5, 5.41) is 7.95. The summed E-state index contributed by atoms with van der Waals surface area (Å²) in [6.45, 7) is 3.65.